The normalized spacial score (nSPS) is 19.4. The minimum absolute atomic E-state index is 0.0729. The SMILES string of the molecule is COc1ccccc1CCNC(=O)C1Cc2ccccc2N2CCN(c3ncccn3)CC12. The zero-order valence-electron chi connectivity index (χ0n) is 18.9. The summed E-state index contributed by atoms with van der Waals surface area (Å²) in [6, 6.07) is 18.3. The summed E-state index contributed by atoms with van der Waals surface area (Å²) >= 11 is 0. The molecule has 3 aromatic rings. The van der Waals surface area contributed by atoms with Gasteiger partial charge >= 0.3 is 0 Å². The Morgan fingerprint density at radius 3 is 2.70 bits per heavy atom. The maximum Gasteiger partial charge on any atom is 0.225 e. The Morgan fingerprint density at radius 1 is 1.06 bits per heavy atom. The molecule has 1 N–H and O–H groups in total. The lowest BCUT2D eigenvalue weighted by atomic mass is 9.83. The summed E-state index contributed by atoms with van der Waals surface area (Å²) < 4.78 is 5.45. The minimum atomic E-state index is -0.135. The van der Waals surface area contributed by atoms with Crippen molar-refractivity contribution in [2.75, 3.05) is 43.1 Å². The average Bonchev–Trinajstić information content (AvgIpc) is 2.88. The zero-order valence-corrected chi connectivity index (χ0v) is 18.9. The Labute approximate surface area is 194 Å². The summed E-state index contributed by atoms with van der Waals surface area (Å²) in [6.07, 6.45) is 5.01. The van der Waals surface area contributed by atoms with E-state index in [0.717, 1.165) is 49.7 Å². The summed E-state index contributed by atoms with van der Waals surface area (Å²) in [7, 11) is 1.68. The molecule has 0 spiro atoms. The highest BCUT2D eigenvalue weighted by molar-refractivity contribution is 5.82. The first-order valence-electron chi connectivity index (χ1n) is 11.5. The molecule has 1 amide bonds. The standard InChI is InChI=1S/C26H29N5O2/c1-33-24-10-5-3-7-19(24)11-14-27-25(32)21-17-20-8-2-4-9-22(20)31-16-15-30(18-23(21)31)26-28-12-6-13-29-26/h2-10,12-13,21,23H,11,14-18H2,1H3,(H,27,32). The van der Waals surface area contributed by atoms with E-state index in [1.807, 2.05) is 30.3 Å². The number of hydrogen-bond acceptors (Lipinski definition) is 6. The van der Waals surface area contributed by atoms with Crippen LogP contribution in [0.25, 0.3) is 0 Å². The lowest BCUT2D eigenvalue weighted by molar-refractivity contribution is -0.125. The molecule has 7 nitrogen and oxygen atoms in total. The van der Waals surface area contributed by atoms with Crippen molar-refractivity contribution in [3.05, 3.63) is 78.1 Å². The number of benzene rings is 2. The first kappa shape index (κ1) is 21.2. The van der Waals surface area contributed by atoms with Gasteiger partial charge in [-0.25, -0.2) is 9.97 Å². The smallest absolute Gasteiger partial charge is 0.225 e. The molecule has 170 valence electrons. The van der Waals surface area contributed by atoms with Crippen molar-refractivity contribution in [2.24, 2.45) is 5.92 Å². The van der Waals surface area contributed by atoms with Gasteiger partial charge < -0.3 is 19.9 Å². The predicted octanol–water partition coefficient (Wildman–Crippen LogP) is 2.71. The number of aromatic nitrogens is 2. The van der Waals surface area contributed by atoms with Crippen LogP contribution in [0.15, 0.2) is 67.0 Å². The Kier molecular flexibility index (Phi) is 6.11. The second kappa shape index (κ2) is 9.48. The number of rotatable bonds is 6. The number of carbonyl (C=O) groups is 1. The first-order valence-corrected chi connectivity index (χ1v) is 11.5. The highest BCUT2D eigenvalue weighted by Crippen LogP contribution is 2.36. The van der Waals surface area contributed by atoms with Gasteiger partial charge in [-0.05, 0) is 42.2 Å². The third kappa shape index (κ3) is 4.35. The van der Waals surface area contributed by atoms with Crippen molar-refractivity contribution >= 4 is 17.5 Å². The fourth-order valence-corrected chi connectivity index (χ4v) is 5.05. The van der Waals surface area contributed by atoms with Crippen molar-refractivity contribution in [1.82, 2.24) is 15.3 Å². The van der Waals surface area contributed by atoms with Gasteiger partial charge in [0.1, 0.15) is 5.75 Å². The molecule has 2 aliphatic rings. The van der Waals surface area contributed by atoms with Crippen molar-refractivity contribution in [1.29, 1.82) is 0 Å². The Hall–Kier alpha value is -3.61. The van der Waals surface area contributed by atoms with Crippen LogP contribution in [-0.2, 0) is 17.6 Å². The lowest BCUT2D eigenvalue weighted by Gasteiger charge is -2.49. The average molecular weight is 444 g/mol. The van der Waals surface area contributed by atoms with E-state index in [1.54, 1.807) is 19.5 Å². The van der Waals surface area contributed by atoms with E-state index < -0.39 is 0 Å². The topological polar surface area (TPSA) is 70.6 Å². The lowest BCUT2D eigenvalue weighted by Crippen LogP contribution is -2.61. The van der Waals surface area contributed by atoms with E-state index in [9.17, 15) is 4.79 Å². The maximum atomic E-state index is 13.4. The molecule has 2 aromatic carbocycles. The van der Waals surface area contributed by atoms with Gasteiger partial charge in [0.25, 0.3) is 0 Å². The monoisotopic (exact) mass is 443 g/mol. The Bertz CT molecular complexity index is 1110. The number of piperazine rings is 1. The summed E-state index contributed by atoms with van der Waals surface area (Å²) in [6.45, 7) is 2.97. The van der Waals surface area contributed by atoms with Gasteiger partial charge in [-0.1, -0.05) is 36.4 Å². The number of fused-ring (bicyclic) bond motifs is 3. The van der Waals surface area contributed by atoms with E-state index in [0.29, 0.717) is 6.54 Å². The molecule has 2 aliphatic heterocycles. The second-order valence-corrected chi connectivity index (χ2v) is 8.55. The number of nitrogens with zero attached hydrogens (tertiary/aromatic N) is 4. The van der Waals surface area contributed by atoms with E-state index in [1.165, 1.54) is 11.3 Å². The molecule has 1 fully saturated rings. The van der Waals surface area contributed by atoms with Gasteiger partial charge in [0, 0.05) is 44.3 Å². The second-order valence-electron chi connectivity index (χ2n) is 8.55. The van der Waals surface area contributed by atoms with Gasteiger partial charge in [0.2, 0.25) is 11.9 Å². The molecule has 1 saturated heterocycles. The molecule has 3 heterocycles. The van der Waals surface area contributed by atoms with Gasteiger partial charge in [-0.2, -0.15) is 0 Å². The molecular formula is C26H29N5O2. The number of para-hydroxylation sites is 2. The van der Waals surface area contributed by atoms with Crippen molar-refractivity contribution < 1.29 is 9.53 Å². The Morgan fingerprint density at radius 2 is 1.85 bits per heavy atom. The predicted molar refractivity (Wildman–Crippen MR) is 129 cm³/mol. The number of carbonyl (C=O) groups excluding carboxylic acids is 1. The number of hydrogen-bond donors (Lipinski definition) is 1. The number of methoxy groups -OCH3 is 1. The summed E-state index contributed by atoms with van der Waals surface area (Å²) in [5.41, 5.74) is 3.58. The van der Waals surface area contributed by atoms with Crippen LogP contribution in [0.3, 0.4) is 0 Å². The van der Waals surface area contributed by atoms with Gasteiger partial charge in [-0.3, -0.25) is 4.79 Å². The van der Waals surface area contributed by atoms with E-state index in [2.05, 4.69) is 49.4 Å². The largest absolute Gasteiger partial charge is 0.496 e. The molecule has 0 aliphatic carbocycles. The first-order chi connectivity index (χ1) is 16.2. The van der Waals surface area contributed by atoms with Crippen LogP contribution in [0.4, 0.5) is 11.6 Å². The highest BCUT2D eigenvalue weighted by Gasteiger charge is 2.41. The third-order valence-electron chi connectivity index (χ3n) is 6.68. The zero-order chi connectivity index (χ0) is 22.6. The fourth-order valence-electron chi connectivity index (χ4n) is 5.05. The number of anilines is 2. The van der Waals surface area contributed by atoms with Crippen LogP contribution < -0.4 is 19.9 Å². The molecule has 0 saturated carbocycles. The van der Waals surface area contributed by atoms with Crippen molar-refractivity contribution in [3.63, 3.8) is 0 Å². The molecule has 0 radical (unpaired) electrons. The summed E-state index contributed by atoms with van der Waals surface area (Å²) in [5.74, 6) is 1.55. The molecule has 7 heteroatoms. The maximum absolute atomic E-state index is 13.4. The summed E-state index contributed by atoms with van der Waals surface area (Å²) in [4.78, 5) is 26.9. The fraction of sp³-hybridized carbons (Fsp3) is 0.346. The van der Waals surface area contributed by atoms with Gasteiger partial charge in [0.05, 0.1) is 19.1 Å². The Balaban J connectivity index is 1.33. The van der Waals surface area contributed by atoms with Crippen LogP contribution in [0.1, 0.15) is 11.1 Å². The van der Waals surface area contributed by atoms with Crippen molar-refractivity contribution in [2.45, 2.75) is 18.9 Å². The summed E-state index contributed by atoms with van der Waals surface area (Å²) in [5, 5.41) is 3.20. The van der Waals surface area contributed by atoms with Crippen LogP contribution >= 0.6 is 0 Å². The number of nitrogens with one attached hydrogen (secondary N) is 1. The van der Waals surface area contributed by atoms with E-state index >= 15 is 0 Å². The quantitative estimate of drug-likeness (QED) is 0.632. The van der Waals surface area contributed by atoms with Crippen LogP contribution in [0, 0.1) is 5.92 Å². The number of amides is 1. The van der Waals surface area contributed by atoms with Crippen LogP contribution in [0.2, 0.25) is 0 Å². The van der Waals surface area contributed by atoms with Gasteiger partial charge in [-0.15, -0.1) is 0 Å². The molecule has 0 bridgehead atoms. The van der Waals surface area contributed by atoms with Gasteiger partial charge in [0.15, 0.2) is 0 Å². The van der Waals surface area contributed by atoms with Crippen LogP contribution in [-0.4, -0.2) is 55.2 Å². The van der Waals surface area contributed by atoms with E-state index in [-0.39, 0.29) is 17.9 Å². The molecule has 33 heavy (non-hydrogen) atoms. The molecule has 2 atom stereocenters. The molecular weight excluding hydrogens is 414 g/mol. The van der Waals surface area contributed by atoms with Crippen LogP contribution in [0.5, 0.6) is 5.75 Å². The third-order valence-corrected chi connectivity index (χ3v) is 6.68. The molecule has 1 aromatic heterocycles. The van der Waals surface area contributed by atoms with Crippen molar-refractivity contribution in [3.8, 4) is 5.75 Å². The highest BCUT2D eigenvalue weighted by atomic mass is 16.5. The molecule has 5 rings (SSSR count). The minimum Gasteiger partial charge on any atom is -0.496 e. The van der Waals surface area contributed by atoms with E-state index in [4.69, 9.17) is 4.74 Å². The molecule has 2 unspecified atom stereocenters. The number of ether oxygens (including phenoxy) is 1.